The van der Waals surface area contributed by atoms with Crippen LogP contribution in [-0.4, -0.2) is 30.9 Å². The fourth-order valence-corrected chi connectivity index (χ4v) is 2.92. The molecule has 0 unspecified atom stereocenters. The number of hydrogen-bond acceptors (Lipinski definition) is 8. The molecule has 0 spiro atoms. The summed E-state index contributed by atoms with van der Waals surface area (Å²) in [6, 6.07) is 5.27. The van der Waals surface area contributed by atoms with Crippen LogP contribution in [0, 0.1) is 20.4 Å². The second-order valence-corrected chi connectivity index (χ2v) is 6.71. The van der Waals surface area contributed by atoms with Crippen LogP contribution in [0.4, 0.5) is 16.5 Å². The Morgan fingerprint density at radius 3 is 2.43 bits per heavy atom. The summed E-state index contributed by atoms with van der Waals surface area (Å²) < 4.78 is 0.881. The van der Waals surface area contributed by atoms with Crippen LogP contribution in [0.2, 0.25) is 0 Å². The number of nitrogens with zero attached hydrogens (tertiary/aromatic N) is 6. The highest BCUT2D eigenvalue weighted by Gasteiger charge is 2.21. The number of carboxylic acids is 1. The first kappa shape index (κ1) is 18.9. The minimum atomic E-state index is -1.13. The van der Waals surface area contributed by atoms with Crippen LogP contribution in [0.3, 0.4) is 0 Å². The fourth-order valence-electron chi connectivity index (χ4n) is 2.41. The predicted molar refractivity (Wildman–Crippen MR) is 100 cm³/mol. The number of carbonyl (C=O) groups is 1. The van der Waals surface area contributed by atoms with Gasteiger partial charge in [-0.05, 0) is 43.7 Å². The minimum absolute atomic E-state index is 0.0142. The van der Waals surface area contributed by atoms with E-state index >= 15 is 0 Å². The second kappa shape index (κ2) is 7.37. The smallest absolute Gasteiger partial charge is 0.335 e. The molecule has 0 radical (unpaired) electrons. The molecule has 0 fully saturated rings. The summed E-state index contributed by atoms with van der Waals surface area (Å²) in [7, 11) is 0. The van der Waals surface area contributed by atoms with Crippen molar-refractivity contribution in [1.29, 1.82) is 0 Å². The number of rotatable bonds is 4. The van der Waals surface area contributed by atoms with Crippen LogP contribution in [0.5, 0.6) is 5.88 Å². The van der Waals surface area contributed by atoms with Crippen molar-refractivity contribution in [1.82, 2.24) is 14.8 Å². The molecule has 3 rings (SSSR count). The maximum Gasteiger partial charge on any atom is 0.335 e. The van der Waals surface area contributed by atoms with Crippen LogP contribution in [0.1, 0.15) is 20.9 Å². The van der Waals surface area contributed by atoms with Gasteiger partial charge in [-0.3, -0.25) is 9.36 Å². The third-order valence-electron chi connectivity index (χ3n) is 3.77. The average Bonchev–Trinajstić information content (AvgIpc) is 3.07. The third-order valence-corrected chi connectivity index (χ3v) is 4.50. The normalized spacial score (nSPS) is 10.9. The molecule has 2 aromatic heterocycles. The lowest BCUT2D eigenvalue weighted by molar-refractivity contribution is 0.0697. The predicted octanol–water partition coefficient (Wildman–Crippen LogP) is 3.68. The van der Waals surface area contributed by atoms with Crippen molar-refractivity contribution in [2.24, 2.45) is 10.2 Å². The van der Waals surface area contributed by atoms with Gasteiger partial charge in [0.05, 0.1) is 17.8 Å². The van der Waals surface area contributed by atoms with E-state index in [9.17, 15) is 14.7 Å². The zero-order chi connectivity index (χ0) is 20.4. The Balaban J connectivity index is 2.20. The molecule has 0 atom stereocenters. The number of aryl methyl sites for hydroxylation is 1. The number of carboxylic acid groups (broad SMARTS) is 1. The van der Waals surface area contributed by atoms with E-state index < -0.39 is 17.4 Å². The Morgan fingerprint density at radius 1 is 1.21 bits per heavy atom. The number of hydrogen-bond donors (Lipinski definition) is 2. The van der Waals surface area contributed by atoms with Crippen molar-refractivity contribution in [2.45, 2.75) is 13.8 Å². The molecule has 0 aliphatic heterocycles. The summed E-state index contributed by atoms with van der Waals surface area (Å²) in [5, 5.41) is 36.1. The Bertz CT molecular complexity index is 1200. The van der Waals surface area contributed by atoms with Crippen LogP contribution in [0.25, 0.3) is 10.5 Å². The molecule has 11 heteroatoms. The van der Waals surface area contributed by atoms with Crippen molar-refractivity contribution >= 4 is 33.8 Å². The van der Waals surface area contributed by atoms with Gasteiger partial charge < -0.3 is 10.2 Å². The van der Waals surface area contributed by atoms with Gasteiger partial charge in [-0.25, -0.2) is 9.64 Å². The van der Waals surface area contributed by atoms with Crippen LogP contribution in [-0.2, 0) is 0 Å². The van der Waals surface area contributed by atoms with Crippen molar-refractivity contribution in [3.8, 4) is 11.6 Å². The topological polar surface area (TPSA) is 134 Å². The highest BCUT2D eigenvalue weighted by Crippen LogP contribution is 2.36. The number of azo groups is 1. The Kier molecular flexibility index (Phi) is 4.97. The molecule has 10 nitrogen and oxygen atoms in total. The summed E-state index contributed by atoms with van der Waals surface area (Å²) in [5.41, 5.74) is -0.691. The van der Waals surface area contributed by atoms with Crippen molar-refractivity contribution in [3.05, 3.63) is 62.2 Å². The number of pyridine rings is 1. The van der Waals surface area contributed by atoms with Crippen LogP contribution >= 0.6 is 11.3 Å². The highest BCUT2D eigenvalue weighted by molar-refractivity contribution is 7.14. The number of aromatic carboxylic acids is 1. The van der Waals surface area contributed by atoms with Gasteiger partial charge in [0, 0.05) is 0 Å². The Labute approximate surface area is 161 Å². The molecular weight excluding hydrogens is 384 g/mol. The number of benzene rings is 1. The molecule has 0 saturated carbocycles. The van der Waals surface area contributed by atoms with Gasteiger partial charge >= 0.3 is 5.97 Å². The first-order valence-corrected chi connectivity index (χ1v) is 8.56. The van der Waals surface area contributed by atoms with E-state index in [1.54, 1.807) is 6.92 Å². The van der Waals surface area contributed by atoms with Gasteiger partial charge in [0.1, 0.15) is 10.7 Å². The quantitative estimate of drug-likeness (QED) is 0.510. The molecule has 0 aliphatic rings. The summed E-state index contributed by atoms with van der Waals surface area (Å²) in [5.74, 6) is -1.65. The molecule has 0 amide bonds. The van der Waals surface area contributed by atoms with E-state index in [0.717, 1.165) is 4.57 Å². The highest BCUT2D eigenvalue weighted by atomic mass is 32.1. The molecule has 1 aromatic carbocycles. The minimum Gasteiger partial charge on any atom is -0.493 e. The van der Waals surface area contributed by atoms with Gasteiger partial charge in [0.25, 0.3) is 16.4 Å². The lowest BCUT2D eigenvalue weighted by Gasteiger charge is -2.13. The zero-order valence-corrected chi connectivity index (χ0v) is 15.4. The molecular formula is C17H12N6O4S. The first-order chi connectivity index (χ1) is 13.3. The molecule has 3 aromatic rings. The molecule has 2 heterocycles. The van der Waals surface area contributed by atoms with E-state index in [1.165, 1.54) is 42.5 Å². The lowest BCUT2D eigenvalue weighted by Crippen LogP contribution is -2.18. The fraction of sp³-hybridized carbons (Fsp3) is 0.118. The van der Waals surface area contributed by atoms with Gasteiger partial charge in [-0.15, -0.1) is 20.4 Å². The van der Waals surface area contributed by atoms with E-state index in [0.29, 0.717) is 5.01 Å². The van der Waals surface area contributed by atoms with E-state index in [1.807, 2.05) is 0 Å². The number of aromatic hydroxyl groups is 1. The van der Waals surface area contributed by atoms with E-state index in [4.69, 9.17) is 11.7 Å². The molecule has 0 saturated heterocycles. The summed E-state index contributed by atoms with van der Waals surface area (Å²) in [4.78, 5) is 26.9. The van der Waals surface area contributed by atoms with Gasteiger partial charge in [-0.2, -0.15) is 0 Å². The van der Waals surface area contributed by atoms with E-state index in [-0.39, 0.29) is 33.3 Å². The summed E-state index contributed by atoms with van der Waals surface area (Å²) in [6.45, 7) is 10.5. The second-order valence-electron chi connectivity index (χ2n) is 5.55. The van der Waals surface area contributed by atoms with Crippen molar-refractivity contribution in [3.63, 3.8) is 0 Å². The SMILES string of the molecule is [C-]#[N+]c1c(C)c(N=Nc2nnc(C)s2)c(O)n(-c2ccc(C(=O)O)cc2)c1=O. The van der Waals surface area contributed by atoms with Crippen LogP contribution in [0.15, 0.2) is 39.3 Å². The summed E-state index contributed by atoms with van der Waals surface area (Å²) >= 11 is 1.19. The van der Waals surface area contributed by atoms with Gasteiger partial charge in [0.2, 0.25) is 5.88 Å². The van der Waals surface area contributed by atoms with Crippen molar-refractivity contribution < 1.29 is 15.0 Å². The molecule has 0 bridgehead atoms. The third kappa shape index (κ3) is 3.36. The molecule has 28 heavy (non-hydrogen) atoms. The standard InChI is InChI=1S/C17H12N6O4S/c1-8-12(18-3)14(24)23(11-6-4-10(5-7-11)16(26)27)15(25)13(8)20-22-17-21-19-9(2)28-17/h4-7,25H,1-2H3,(H,26,27). The van der Waals surface area contributed by atoms with Crippen LogP contribution < -0.4 is 5.56 Å². The zero-order valence-electron chi connectivity index (χ0n) is 14.6. The maximum absolute atomic E-state index is 12.7. The van der Waals surface area contributed by atoms with Gasteiger partial charge in [0.15, 0.2) is 0 Å². The largest absolute Gasteiger partial charge is 0.493 e. The van der Waals surface area contributed by atoms with E-state index in [2.05, 4.69) is 25.3 Å². The maximum atomic E-state index is 12.7. The first-order valence-electron chi connectivity index (χ1n) is 7.75. The van der Waals surface area contributed by atoms with Gasteiger partial charge in [-0.1, -0.05) is 11.3 Å². The monoisotopic (exact) mass is 396 g/mol. The molecule has 0 aliphatic carbocycles. The van der Waals surface area contributed by atoms with Crippen molar-refractivity contribution in [2.75, 3.05) is 0 Å². The summed E-state index contributed by atoms with van der Waals surface area (Å²) in [6.07, 6.45) is 0. The number of aromatic nitrogens is 3. The molecule has 140 valence electrons. The Hall–Kier alpha value is -3.91. The Morgan fingerprint density at radius 2 is 1.89 bits per heavy atom. The molecule has 2 N–H and O–H groups in total. The lowest BCUT2D eigenvalue weighted by atomic mass is 10.1. The average molecular weight is 396 g/mol.